The highest BCUT2D eigenvalue weighted by Gasteiger charge is 2.32. The van der Waals surface area contributed by atoms with E-state index in [2.05, 4.69) is 20.7 Å². The lowest BCUT2D eigenvalue weighted by atomic mass is 10.0. The summed E-state index contributed by atoms with van der Waals surface area (Å²) in [5.41, 5.74) is 2.03. The summed E-state index contributed by atoms with van der Waals surface area (Å²) in [7, 11) is 1.54. The first-order valence-electron chi connectivity index (χ1n) is 7.87. The number of para-hydroxylation sites is 1. The molecule has 0 aliphatic carbocycles. The Morgan fingerprint density at radius 3 is 3.08 bits per heavy atom. The summed E-state index contributed by atoms with van der Waals surface area (Å²) in [6.07, 6.45) is 2.66. The highest BCUT2D eigenvalue weighted by molar-refractivity contribution is 8.14. The number of amidine groups is 1. The van der Waals surface area contributed by atoms with E-state index in [1.807, 2.05) is 35.5 Å². The van der Waals surface area contributed by atoms with Crippen molar-refractivity contribution in [3.8, 4) is 0 Å². The van der Waals surface area contributed by atoms with E-state index in [0.29, 0.717) is 18.3 Å². The van der Waals surface area contributed by atoms with Crippen LogP contribution < -0.4 is 10.6 Å². The van der Waals surface area contributed by atoms with E-state index in [0.717, 1.165) is 17.7 Å². The van der Waals surface area contributed by atoms with Gasteiger partial charge in [-0.2, -0.15) is 5.10 Å². The molecule has 0 saturated heterocycles. The summed E-state index contributed by atoms with van der Waals surface area (Å²) < 4.78 is 4.83. The standard InChI is InChI=1S/C16H19N5O3S/c1-24-9-8-17-15(23)20-14(22)10-25-16-19-12-5-3-2-4-11(12)13-6-7-18-21(13)16/h2-5,7,13H,6,8-10H2,1H3,(H2,17,20,22,23)/t13-/m1/s1. The fourth-order valence-corrected chi connectivity index (χ4v) is 3.39. The molecule has 1 aromatic carbocycles. The molecular formula is C16H19N5O3S. The molecule has 2 heterocycles. The van der Waals surface area contributed by atoms with Crippen LogP contribution in [0.25, 0.3) is 0 Å². The van der Waals surface area contributed by atoms with Gasteiger partial charge < -0.3 is 10.1 Å². The Labute approximate surface area is 149 Å². The SMILES string of the molecule is COCCNC(=O)NC(=O)CSC1=Nc2ccccc2[C@H]2CC=NN12. The maximum Gasteiger partial charge on any atom is 0.321 e. The molecule has 0 fully saturated rings. The van der Waals surface area contributed by atoms with Crippen molar-refractivity contribution in [3.05, 3.63) is 29.8 Å². The van der Waals surface area contributed by atoms with Gasteiger partial charge in [-0.05, 0) is 6.07 Å². The van der Waals surface area contributed by atoms with E-state index in [9.17, 15) is 9.59 Å². The minimum atomic E-state index is -0.532. The summed E-state index contributed by atoms with van der Waals surface area (Å²) >= 11 is 1.26. The Balaban J connectivity index is 1.57. The molecule has 1 aromatic rings. The molecule has 25 heavy (non-hydrogen) atoms. The number of carbonyl (C=O) groups is 2. The van der Waals surface area contributed by atoms with Crippen molar-refractivity contribution in [1.29, 1.82) is 0 Å². The fraction of sp³-hybridized carbons (Fsp3) is 0.375. The normalized spacial score (nSPS) is 17.6. The molecule has 132 valence electrons. The van der Waals surface area contributed by atoms with E-state index >= 15 is 0 Å². The highest BCUT2D eigenvalue weighted by atomic mass is 32.2. The van der Waals surface area contributed by atoms with Crippen LogP contribution in [0, 0.1) is 0 Å². The number of urea groups is 1. The van der Waals surface area contributed by atoms with Crippen LogP contribution >= 0.6 is 11.8 Å². The Morgan fingerprint density at radius 1 is 1.40 bits per heavy atom. The summed E-state index contributed by atoms with van der Waals surface area (Å²) in [5.74, 6) is -0.307. The van der Waals surface area contributed by atoms with E-state index < -0.39 is 6.03 Å². The number of aliphatic imine (C=N–C) groups is 1. The zero-order valence-electron chi connectivity index (χ0n) is 13.8. The van der Waals surface area contributed by atoms with E-state index in [1.54, 1.807) is 7.11 Å². The van der Waals surface area contributed by atoms with Crippen LogP contribution in [0.1, 0.15) is 18.0 Å². The van der Waals surface area contributed by atoms with Gasteiger partial charge in [-0.3, -0.25) is 10.1 Å². The van der Waals surface area contributed by atoms with E-state index in [1.165, 1.54) is 11.8 Å². The number of rotatable bonds is 5. The van der Waals surface area contributed by atoms with Gasteiger partial charge in [-0.25, -0.2) is 14.8 Å². The Kier molecular flexibility index (Phi) is 5.67. The van der Waals surface area contributed by atoms with Gasteiger partial charge in [0.05, 0.1) is 24.1 Å². The Morgan fingerprint density at radius 2 is 2.24 bits per heavy atom. The number of nitrogens with one attached hydrogen (secondary N) is 2. The van der Waals surface area contributed by atoms with Gasteiger partial charge >= 0.3 is 6.03 Å². The van der Waals surface area contributed by atoms with Gasteiger partial charge in [0.15, 0.2) is 5.17 Å². The number of amides is 3. The molecule has 9 heteroatoms. The molecule has 2 aliphatic heterocycles. The van der Waals surface area contributed by atoms with Crippen LogP contribution in [0.5, 0.6) is 0 Å². The molecule has 8 nitrogen and oxygen atoms in total. The van der Waals surface area contributed by atoms with Crippen LogP contribution in [0.15, 0.2) is 34.4 Å². The van der Waals surface area contributed by atoms with Crippen LogP contribution in [0.4, 0.5) is 10.5 Å². The van der Waals surface area contributed by atoms with Gasteiger partial charge in [0, 0.05) is 31.9 Å². The first kappa shape index (κ1) is 17.4. The van der Waals surface area contributed by atoms with Gasteiger partial charge in [0.1, 0.15) is 0 Å². The van der Waals surface area contributed by atoms with Crippen molar-refractivity contribution in [1.82, 2.24) is 15.6 Å². The van der Waals surface area contributed by atoms with Gasteiger partial charge in [-0.15, -0.1) is 0 Å². The predicted octanol–water partition coefficient (Wildman–Crippen LogP) is 1.63. The lowest BCUT2D eigenvalue weighted by Crippen LogP contribution is -2.41. The van der Waals surface area contributed by atoms with Crippen molar-refractivity contribution in [2.75, 3.05) is 26.0 Å². The smallest absolute Gasteiger partial charge is 0.321 e. The molecule has 0 radical (unpaired) electrons. The molecule has 2 N–H and O–H groups in total. The molecule has 3 amide bonds. The Bertz CT molecular complexity index is 721. The second kappa shape index (κ2) is 8.13. The third-order valence-electron chi connectivity index (χ3n) is 3.71. The number of hydrogen-bond acceptors (Lipinski definition) is 7. The number of hydrazone groups is 1. The van der Waals surface area contributed by atoms with Crippen LogP contribution in [0.3, 0.4) is 0 Å². The number of fused-ring (bicyclic) bond motifs is 3. The minimum absolute atomic E-state index is 0.0808. The average molecular weight is 361 g/mol. The van der Waals surface area contributed by atoms with Crippen molar-refractivity contribution in [2.45, 2.75) is 12.5 Å². The number of hydrogen-bond donors (Lipinski definition) is 2. The zero-order valence-corrected chi connectivity index (χ0v) is 14.6. The maximum absolute atomic E-state index is 11.9. The topological polar surface area (TPSA) is 95.4 Å². The summed E-state index contributed by atoms with van der Waals surface area (Å²) in [5, 5.41) is 11.7. The summed E-state index contributed by atoms with van der Waals surface area (Å²) in [6.45, 7) is 0.733. The highest BCUT2D eigenvalue weighted by Crippen LogP contribution is 2.40. The van der Waals surface area contributed by atoms with Crippen molar-refractivity contribution in [2.24, 2.45) is 10.1 Å². The quantitative estimate of drug-likeness (QED) is 0.777. The average Bonchev–Trinajstić information content (AvgIpc) is 3.10. The largest absolute Gasteiger partial charge is 0.383 e. The Hall–Kier alpha value is -2.39. The van der Waals surface area contributed by atoms with Crippen LogP contribution in [-0.4, -0.2) is 54.3 Å². The number of benzene rings is 1. The van der Waals surface area contributed by atoms with Gasteiger partial charge in [-0.1, -0.05) is 30.0 Å². The monoisotopic (exact) mass is 361 g/mol. The number of imide groups is 1. The third-order valence-corrected chi connectivity index (χ3v) is 4.66. The number of thioether (sulfide) groups is 1. The molecular weight excluding hydrogens is 342 g/mol. The minimum Gasteiger partial charge on any atom is -0.383 e. The molecule has 0 bridgehead atoms. The van der Waals surface area contributed by atoms with Crippen LogP contribution in [-0.2, 0) is 9.53 Å². The zero-order chi connectivity index (χ0) is 17.6. The van der Waals surface area contributed by atoms with Crippen molar-refractivity contribution in [3.63, 3.8) is 0 Å². The number of ether oxygens (including phenoxy) is 1. The van der Waals surface area contributed by atoms with Gasteiger partial charge in [0.2, 0.25) is 5.91 Å². The van der Waals surface area contributed by atoms with Gasteiger partial charge in [0.25, 0.3) is 0 Å². The lowest BCUT2D eigenvalue weighted by Gasteiger charge is -2.29. The molecule has 2 aliphatic rings. The molecule has 1 atom stereocenters. The molecule has 0 spiro atoms. The molecule has 0 aromatic heterocycles. The summed E-state index contributed by atoms with van der Waals surface area (Å²) in [6, 6.07) is 7.51. The number of methoxy groups -OCH3 is 1. The summed E-state index contributed by atoms with van der Waals surface area (Å²) in [4.78, 5) is 28.1. The fourth-order valence-electron chi connectivity index (χ4n) is 2.58. The third kappa shape index (κ3) is 4.18. The van der Waals surface area contributed by atoms with Crippen LogP contribution in [0.2, 0.25) is 0 Å². The number of carbonyl (C=O) groups excluding carboxylic acids is 2. The molecule has 0 saturated carbocycles. The first-order valence-corrected chi connectivity index (χ1v) is 8.86. The molecule has 0 unspecified atom stereocenters. The number of nitrogens with zero attached hydrogens (tertiary/aromatic N) is 3. The second-order valence-electron chi connectivity index (χ2n) is 5.43. The first-order chi connectivity index (χ1) is 12.2. The lowest BCUT2D eigenvalue weighted by molar-refractivity contribution is -0.117. The van der Waals surface area contributed by atoms with E-state index in [-0.39, 0.29) is 17.7 Å². The molecule has 3 rings (SSSR count). The predicted molar refractivity (Wildman–Crippen MR) is 97.1 cm³/mol. The van der Waals surface area contributed by atoms with Crippen molar-refractivity contribution < 1.29 is 14.3 Å². The maximum atomic E-state index is 11.9. The second-order valence-corrected chi connectivity index (χ2v) is 6.38. The van der Waals surface area contributed by atoms with Crippen molar-refractivity contribution >= 4 is 40.8 Å². The van der Waals surface area contributed by atoms with E-state index in [4.69, 9.17) is 4.74 Å².